The lowest BCUT2D eigenvalue weighted by atomic mass is 9.87. The fourth-order valence-electron chi connectivity index (χ4n) is 4.31. The van der Waals surface area contributed by atoms with Gasteiger partial charge in [-0.1, -0.05) is 45.0 Å². The van der Waals surface area contributed by atoms with Crippen molar-refractivity contribution in [1.29, 1.82) is 0 Å². The average Bonchev–Trinajstić information content (AvgIpc) is 3.30. The van der Waals surface area contributed by atoms with E-state index in [9.17, 15) is 18.0 Å². The van der Waals surface area contributed by atoms with Crippen LogP contribution < -0.4 is 5.32 Å². The van der Waals surface area contributed by atoms with Gasteiger partial charge >= 0.3 is 12.1 Å². The van der Waals surface area contributed by atoms with E-state index in [0.29, 0.717) is 5.56 Å². The number of hydrogen-bond donors (Lipinski definition) is 2. The van der Waals surface area contributed by atoms with Gasteiger partial charge in [-0.25, -0.2) is 4.79 Å². The number of halogens is 3. The Labute approximate surface area is 237 Å². The summed E-state index contributed by atoms with van der Waals surface area (Å²) in [4.78, 5) is 26.8. The first kappa shape index (κ1) is 31.3. The maximum absolute atomic E-state index is 12.9. The fraction of sp³-hybridized carbons (Fsp3) is 0.400. The summed E-state index contributed by atoms with van der Waals surface area (Å²) in [6, 6.07) is 18.4. The Hall–Kier alpha value is -3.21. The molecule has 1 aliphatic heterocycles. The molecule has 4 rings (SSSR count). The summed E-state index contributed by atoms with van der Waals surface area (Å²) in [5, 5.41) is 14.6. The second-order valence-corrected chi connectivity index (χ2v) is 11.6. The average molecular weight is 576 g/mol. The van der Waals surface area contributed by atoms with E-state index in [1.807, 2.05) is 30.3 Å². The SMILES string of the molecule is CC(C)(C)c1ccc(NC(=O)c2cccc(CN3CCCN(Cc4ccsc4)CC3)c2)cc1.O=C(O)C(F)(F)F. The monoisotopic (exact) mass is 575 g/mol. The van der Waals surface area contributed by atoms with E-state index >= 15 is 0 Å². The van der Waals surface area contributed by atoms with Gasteiger partial charge in [-0.05, 0) is 82.7 Å². The van der Waals surface area contributed by atoms with Gasteiger partial charge in [0.15, 0.2) is 0 Å². The number of nitrogens with one attached hydrogen (secondary N) is 1. The number of carbonyl (C=O) groups excluding carboxylic acids is 1. The maximum atomic E-state index is 12.9. The van der Waals surface area contributed by atoms with Crippen LogP contribution in [0.25, 0.3) is 0 Å². The van der Waals surface area contributed by atoms with E-state index in [1.54, 1.807) is 11.3 Å². The second-order valence-electron chi connectivity index (χ2n) is 10.8. The van der Waals surface area contributed by atoms with E-state index in [-0.39, 0.29) is 11.3 Å². The number of alkyl halides is 3. The highest BCUT2D eigenvalue weighted by Crippen LogP contribution is 2.24. The minimum absolute atomic E-state index is 0.0573. The first-order valence-electron chi connectivity index (χ1n) is 13.1. The number of hydrogen-bond acceptors (Lipinski definition) is 5. The van der Waals surface area contributed by atoms with Gasteiger partial charge in [0.25, 0.3) is 5.91 Å². The largest absolute Gasteiger partial charge is 0.490 e. The Morgan fingerprint density at radius 1 is 0.900 bits per heavy atom. The third-order valence-corrected chi connectivity index (χ3v) is 7.25. The molecule has 0 spiro atoms. The number of benzene rings is 2. The lowest BCUT2D eigenvalue weighted by molar-refractivity contribution is -0.192. The molecule has 1 aliphatic rings. The number of anilines is 1. The number of aliphatic carboxylic acids is 1. The Kier molecular flexibility index (Phi) is 10.9. The molecule has 3 aromatic rings. The van der Waals surface area contributed by atoms with Gasteiger partial charge in [0, 0.05) is 37.4 Å². The molecule has 216 valence electrons. The van der Waals surface area contributed by atoms with Crippen molar-refractivity contribution in [3.8, 4) is 0 Å². The molecule has 10 heteroatoms. The molecule has 0 aliphatic carbocycles. The van der Waals surface area contributed by atoms with Crippen LogP contribution >= 0.6 is 11.3 Å². The van der Waals surface area contributed by atoms with Crippen LogP contribution in [0, 0.1) is 0 Å². The number of carbonyl (C=O) groups is 2. The summed E-state index contributed by atoms with van der Waals surface area (Å²) in [6.45, 7) is 12.9. The number of rotatable bonds is 6. The summed E-state index contributed by atoms with van der Waals surface area (Å²) >= 11 is 1.77. The maximum Gasteiger partial charge on any atom is 0.490 e. The number of carboxylic acids is 1. The zero-order chi connectivity index (χ0) is 29.3. The molecule has 2 N–H and O–H groups in total. The number of carboxylic acid groups (broad SMARTS) is 1. The summed E-state index contributed by atoms with van der Waals surface area (Å²) in [6.07, 6.45) is -3.91. The predicted molar refractivity (Wildman–Crippen MR) is 153 cm³/mol. The van der Waals surface area contributed by atoms with Crippen molar-refractivity contribution in [3.05, 3.63) is 87.6 Å². The van der Waals surface area contributed by atoms with Gasteiger partial charge < -0.3 is 10.4 Å². The van der Waals surface area contributed by atoms with Crippen molar-refractivity contribution in [2.75, 3.05) is 31.5 Å². The molecule has 2 aromatic carbocycles. The third kappa shape index (κ3) is 10.1. The third-order valence-electron chi connectivity index (χ3n) is 6.51. The lowest BCUT2D eigenvalue weighted by Crippen LogP contribution is -2.30. The van der Waals surface area contributed by atoms with Crippen LogP contribution in [0.1, 0.15) is 54.2 Å². The van der Waals surface area contributed by atoms with Gasteiger partial charge in [0.2, 0.25) is 0 Å². The van der Waals surface area contributed by atoms with E-state index in [0.717, 1.165) is 45.0 Å². The fourth-order valence-corrected chi connectivity index (χ4v) is 4.97. The summed E-state index contributed by atoms with van der Waals surface area (Å²) in [5.74, 6) is -2.81. The van der Waals surface area contributed by atoms with Crippen LogP contribution in [0.2, 0.25) is 0 Å². The standard InChI is InChI=1S/C28H35N3OS.C2HF3O2/c1-28(2,3)25-8-10-26(11-9-25)29-27(32)24-7-4-6-22(18-24)19-30-13-5-14-31(16-15-30)20-23-12-17-33-21-23;3-2(4,5)1(6)7/h4,6-12,17-18,21H,5,13-16,19-20H2,1-3H3,(H,29,32);(H,6,7). The van der Waals surface area contributed by atoms with Crippen molar-refractivity contribution in [3.63, 3.8) is 0 Å². The van der Waals surface area contributed by atoms with Gasteiger partial charge in [-0.3, -0.25) is 14.6 Å². The Balaban J connectivity index is 0.000000559. The molecule has 0 saturated carbocycles. The first-order valence-corrected chi connectivity index (χ1v) is 14.0. The molecular formula is C30H36F3N3O3S. The van der Waals surface area contributed by atoms with Crippen LogP contribution in [0.3, 0.4) is 0 Å². The van der Waals surface area contributed by atoms with Gasteiger partial charge in [-0.15, -0.1) is 0 Å². The Bertz CT molecular complexity index is 1240. The second kappa shape index (κ2) is 13.9. The van der Waals surface area contributed by atoms with E-state index in [2.05, 4.69) is 70.9 Å². The zero-order valence-corrected chi connectivity index (χ0v) is 23.8. The highest BCUT2D eigenvalue weighted by molar-refractivity contribution is 7.07. The van der Waals surface area contributed by atoms with Crippen LogP contribution in [0.15, 0.2) is 65.4 Å². The molecule has 0 bridgehead atoms. The summed E-state index contributed by atoms with van der Waals surface area (Å²) < 4.78 is 31.7. The number of thiophene rings is 1. The normalized spacial score (nSPS) is 15.1. The molecule has 40 heavy (non-hydrogen) atoms. The van der Waals surface area contributed by atoms with E-state index in [4.69, 9.17) is 9.90 Å². The van der Waals surface area contributed by atoms with Crippen LogP contribution in [0.4, 0.5) is 18.9 Å². The van der Waals surface area contributed by atoms with Crippen molar-refractivity contribution < 1.29 is 27.9 Å². The summed E-state index contributed by atoms with van der Waals surface area (Å²) in [5.41, 5.74) is 5.51. The molecule has 6 nitrogen and oxygen atoms in total. The molecule has 0 unspecified atom stereocenters. The number of amides is 1. The topological polar surface area (TPSA) is 72.9 Å². The minimum atomic E-state index is -5.08. The van der Waals surface area contributed by atoms with Crippen molar-refractivity contribution in [2.24, 2.45) is 0 Å². The smallest absolute Gasteiger partial charge is 0.475 e. The van der Waals surface area contributed by atoms with Crippen LogP contribution in [0.5, 0.6) is 0 Å². The predicted octanol–water partition coefficient (Wildman–Crippen LogP) is 6.64. The number of nitrogens with zero attached hydrogens (tertiary/aromatic N) is 2. The highest BCUT2D eigenvalue weighted by Gasteiger charge is 2.38. The van der Waals surface area contributed by atoms with Gasteiger partial charge in [-0.2, -0.15) is 24.5 Å². The van der Waals surface area contributed by atoms with Gasteiger partial charge in [0.05, 0.1) is 0 Å². The van der Waals surface area contributed by atoms with Crippen molar-refractivity contribution in [1.82, 2.24) is 9.80 Å². The molecule has 1 fully saturated rings. The summed E-state index contributed by atoms with van der Waals surface area (Å²) in [7, 11) is 0. The minimum Gasteiger partial charge on any atom is -0.475 e. The van der Waals surface area contributed by atoms with Gasteiger partial charge in [0.1, 0.15) is 0 Å². The van der Waals surface area contributed by atoms with Crippen molar-refractivity contribution in [2.45, 2.75) is 51.9 Å². The molecular weight excluding hydrogens is 539 g/mol. The first-order chi connectivity index (χ1) is 18.8. The zero-order valence-electron chi connectivity index (χ0n) is 23.0. The molecule has 1 saturated heterocycles. The molecule has 1 amide bonds. The Morgan fingerprint density at radius 3 is 2.02 bits per heavy atom. The quantitative estimate of drug-likeness (QED) is 0.345. The Morgan fingerprint density at radius 2 is 1.50 bits per heavy atom. The van der Waals surface area contributed by atoms with Crippen molar-refractivity contribution >= 4 is 28.9 Å². The molecule has 0 atom stereocenters. The van der Waals surface area contributed by atoms with E-state index < -0.39 is 12.1 Å². The molecule has 1 aromatic heterocycles. The van der Waals surface area contributed by atoms with Crippen LogP contribution in [-0.2, 0) is 23.3 Å². The molecule has 2 heterocycles. The van der Waals surface area contributed by atoms with E-state index in [1.165, 1.54) is 23.1 Å². The lowest BCUT2D eigenvalue weighted by Gasteiger charge is -2.22. The highest BCUT2D eigenvalue weighted by atomic mass is 32.1. The van der Waals surface area contributed by atoms with Crippen LogP contribution in [-0.4, -0.2) is 59.1 Å². The molecule has 0 radical (unpaired) electrons.